The summed E-state index contributed by atoms with van der Waals surface area (Å²) in [5.41, 5.74) is 3.05. The first-order valence-corrected chi connectivity index (χ1v) is 5.59. The van der Waals surface area contributed by atoms with Crippen LogP contribution in [0.5, 0.6) is 11.6 Å². The molecule has 4 nitrogen and oxygen atoms in total. The predicted molar refractivity (Wildman–Crippen MR) is 67.5 cm³/mol. The van der Waals surface area contributed by atoms with Crippen molar-refractivity contribution in [2.75, 3.05) is 0 Å². The van der Waals surface area contributed by atoms with Gasteiger partial charge in [0.05, 0.1) is 6.20 Å². The van der Waals surface area contributed by atoms with Crippen molar-refractivity contribution < 1.29 is 4.74 Å². The lowest BCUT2D eigenvalue weighted by atomic mass is 10.1. The lowest BCUT2D eigenvalue weighted by Gasteiger charge is -2.09. The Morgan fingerprint density at radius 3 is 2.56 bits per heavy atom. The van der Waals surface area contributed by atoms with Gasteiger partial charge in [0.25, 0.3) is 0 Å². The van der Waals surface area contributed by atoms with Gasteiger partial charge in [0.2, 0.25) is 5.88 Å². The maximum Gasteiger partial charge on any atom is 0.237 e. The topological polar surface area (TPSA) is 58.8 Å². The van der Waals surface area contributed by atoms with Crippen LogP contribution in [0.3, 0.4) is 0 Å². The van der Waals surface area contributed by atoms with E-state index in [2.05, 4.69) is 16.0 Å². The quantitative estimate of drug-likeness (QED) is 0.808. The summed E-state index contributed by atoms with van der Waals surface area (Å²) < 4.78 is 5.62. The van der Waals surface area contributed by atoms with Crippen LogP contribution in [0.4, 0.5) is 0 Å². The highest BCUT2D eigenvalue weighted by atomic mass is 16.5. The molecule has 2 rings (SSSR count). The van der Waals surface area contributed by atoms with E-state index in [1.165, 1.54) is 0 Å². The van der Waals surface area contributed by atoms with E-state index < -0.39 is 0 Å². The van der Waals surface area contributed by atoms with Crippen molar-refractivity contribution >= 4 is 0 Å². The zero-order valence-corrected chi connectivity index (χ0v) is 10.6. The fraction of sp³-hybridized carbons (Fsp3) is 0.214. The first-order valence-electron chi connectivity index (χ1n) is 5.59. The van der Waals surface area contributed by atoms with Crippen molar-refractivity contribution in [3.8, 4) is 17.7 Å². The van der Waals surface area contributed by atoms with Crippen LogP contribution in [0.25, 0.3) is 0 Å². The van der Waals surface area contributed by atoms with Crippen LogP contribution in [0.2, 0.25) is 0 Å². The molecule has 0 unspecified atom stereocenters. The fourth-order valence-electron chi connectivity index (χ4n) is 1.64. The normalized spacial score (nSPS) is 9.89. The number of hydrogen-bond donors (Lipinski definition) is 0. The zero-order valence-electron chi connectivity index (χ0n) is 10.6. The number of aryl methyl sites for hydroxylation is 3. The summed E-state index contributed by atoms with van der Waals surface area (Å²) in [5.74, 6) is 0.912. The van der Waals surface area contributed by atoms with Crippen LogP contribution in [-0.2, 0) is 0 Å². The molecule has 0 amide bonds. The molecule has 0 fully saturated rings. The summed E-state index contributed by atoms with van der Waals surface area (Å²) in [4.78, 5) is 8.39. The third-order valence-corrected chi connectivity index (χ3v) is 2.52. The SMILES string of the molecule is Cc1ccc(Oc2nc(C)cc(C)c2C#N)cn1. The smallest absolute Gasteiger partial charge is 0.237 e. The molecule has 0 saturated heterocycles. The van der Waals surface area contributed by atoms with E-state index in [-0.39, 0.29) is 0 Å². The number of nitrogens with zero attached hydrogens (tertiary/aromatic N) is 3. The molecule has 4 heteroatoms. The molecule has 90 valence electrons. The van der Waals surface area contributed by atoms with Gasteiger partial charge in [0.15, 0.2) is 0 Å². The van der Waals surface area contributed by atoms with E-state index in [0.29, 0.717) is 17.2 Å². The Hall–Kier alpha value is -2.41. The fourth-order valence-corrected chi connectivity index (χ4v) is 1.64. The molecule has 0 radical (unpaired) electrons. The first kappa shape index (κ1) is 12.1. The molecule has 0 bridgehead atoms. The summed E-state index contributed by atoms with van der Waals surface area (Å²) in [7, 11) is 0. The average Bonchev–Trinajstić information content (AvgIpc) is 2.32. The Morgan fingerprint density at radius 1 is 1.17 bits per heavy atom. The summed E-state index contributed by atoms with van der Waals surface area (Å²) in [6, 6.07) is 7.63. The van der Waals surface area contributed by atoms with Crippen molar-refractivity contribution in [1.29, 1.82) is 5.26 Å². The molecule has 0 spiro atoms. The Balaban J connectivity index is 2.40. The second-order valence-electron chi connectivity index (χ2n) is 4.11. The van der Waals surface area contributed by atoms with Gasteiger partial charge < -0.3 is 4.74 Å². The summed E-state index contributed by atoms with van der Waals surface area (Å²) in [6.45, 7) is 5.64. The number of pyridine rings is 2. The van der Waals surface area contributed by atoms with Gasteiger partial charge in [-0.25, -0.2) is 4.98 Å². The Bertz CT molecular complexity index is 612. The van der Waals surface area contributed by atoms with Crippen molar-refractivity contribution in [3.05, 3.63) is 46.9 Å². The predicted octanol–water partition coefficient (Wildman–Crippen LogP) is 3.07. The molecule has 2 aromatic rings. The zero-order chi connectivity index (χ0) is 13.1. The highest BCUT2D eigenvalue weighted by molar-refractivity contribution is 5.46. The highest BCUT2D eigenvalue weighted by Gasteiger charge is 2.10. The molecule has 0 aliphatic carbocycles. The first-order chi connectivity index (χ1) is 8.60. The van der Waals surface area contributed by atoms with Crippen LogP contribution in [0.1, 0.15) is 22.5 Å². The van der Waals surface area contributed by atoms with E-state index in [1.54, 1.807) is 6.20 Å². The number of rotatable bonds is 2. The van der Waals surface area contributed by atoms with Crippen LogP contribution in [0.15, 0.2) is 24.4 Å². The molecule has 18 heavy (non-hydrogen) atoms. The van der Waals surface area contributed by atoms with E-state index in [4.69, 9.17) is 10.00 Å². The minimum atomic E-state index is 0.334. The molecule has 2 heterocycles. The lowest BCUT2D eigenvalue weighted by molar-refractivity contribution is 0.457. The monoisotopic (exact) mass is 239 g/mol. The summed E-state index contributed by atoms with van der Waals surface area (Å²) in [6.07, 6.45) is 1.62. The second-order valence-corrected chi connectivity index (χ2v) is 4.11. The second kappa shape index (κ2) is 4.84. The van der Waals surface area contributed by atoms with Crippen molar-refractivity contribution in [1.82, 2.24) is 9.97 Å². The third-order valence-electron chi connectivity index (χ3n) is 2.52. The number of hydrogen-bond acceptors (Lipinski definition) is 4. The van der Waals surface area contributed by atoms with Gasteiger partial charge >= 0.3 is 0 Å². The van der Waals surface area contributed by atoms with E-state index in [9.17, 15) is 0 Å². The Morgan fingerprint density at radius 2 is 1.94 bits per heavy atom. The molecule has 0 aliphatic heterocycles. The molecule has 0 saturated carbocycles. The van der Waals surface area contributed by atoms with Crippen molar-refractivity contribution in [3.63, 3.8) is 0 Å². The van der Waals surface area contributed by atoms with Gasteiger partial charge in [0.1, 0.15) is 17.4 Å². The van der Waals surface area contributed by atoms with Gasteiger partial charge in [-0.1, -0.05) is 0 Å². The Kier molecular flexibility index (Phi) is 3.24. The van der Waals surface area contributed by atoms with Gasteiger partial charge in [-0.3, -0.25) is 4.98 Å². The molecule has 0 atom stereocenters. The van der Waals surface area contributed by atoms with Crippen molar-refractivity contribution in [2.45, 2.75) is 20.8 Å². The third kappa shape index (κ3) is 2.46. The molecular weight excluding hydrogens is 226 g/mol. The van der Waals surface area contributed by atoms with E-state index in [1.807, 2.05) is 39.0 Å². The summed E-state index contributed by atoms with van der Waals surface area (Å²) >= 11 is 0. The number of nitriles is 1. The maximum atomic E-state index is 9.13. The maximum absolute atomic E-state index is 9.13. The summed E-state index contributed by atoms with van der Waals surface area (Å²) in [5, 5.41) is 9.13. The van der Waals surface area contributed by atoms with Gasteiger partial charge in [0, 0.05) is 11.4 Å². The van der Waals surface area contributed by atoms with Crippen molar-refractivity contribution in [2.24, 2.45) is 0 Å². The molecule has 0 aliphatic rings. The molecule has 0 aromatic carbocycles. The highest BCUT2D eigenvalue weighted by Crippen LogP contribution is 2.25. The number of aromatic nitrogens is 2. The lowest BCUT2D eigenvalue weighted by Crippen LogP contribution is -1.97. The average molecular weight is 239 g/mol. The van der Waals surface area contributed by atoms with Gasteiger partial charge in [-0.2, -0.15) is 5.26 Å². The van der Waals surface area contributed by atoms with E-state index in [0.717, 1.165) is 17.0 Å². The van der Waals surface area contributed by atoms with Crippen LogP contribution in [0, 0.1) is 32.1 Å². The standard InChI is InChI=1S/C14H13N3O/c1-9-6-11(3)17-14(13(9)7-15)18-12-5-4-10(2)16-8-12/h4-6,8H,1-3H3. The largest absolute Gasteiger partial charge is 0.436 e. The minimum absolute atomic E-state index is 0.334. The molecule has 0 N–H and O–H groups in total. The Labute approximate surface area is 106 Å². The van der Waals surface area contributed by atoms with E-state index >= 15 is 0 Å². The van der Waals surface area contributed by atoms with Crippen LogP contribution in [-0.4, -0.2) is 9.97 Å². The van der Waals surface area contributed by atoms with Crippen LogP contribution < -0.4 is 4.74 Å². The van der Waals surface area contributed by atoms with Gasteiger partial charge in [-0.05, 0) is 44.5 Å². The molecular formula is C14H13N3O. The molecule has 2 aromatic heterocycles. The van der Waals surface area contributed by atoms with Crippen LogP contribution >= 0.6 is 0 Å². The number of ether oxygens (including phenoxy) is 1. The van der Waals surface area contributed by atoms with Gasteiger partial charge in [-0.15, -0.1) is 0 Å². The minimum Gasteiger partial charge on any atom is -0.436 e.